The van der Waals surface area contributed by atoms with Crippen molar-refractivity contribution in [2.45, 2.75) is 17.7 Å². The highest BCUT2D eigenvalue weighted by Gasteiger charge is 2.32. The Hall–Kier alpha value is -1.60. The number of nitrogen functional groups attached to an aromatic ring is 1. The van der Waals surface area contributed by atoms with Crippen LogP contribution in [0.1, 0.15) is 12.8 Å². The fraction of sp³-hybridized carbons (Fsp3) is 0.417. The summed E-state index contributed by atoms with van der Waals surface area (Å²) in [5, 5.41) is 0. The summed E-state index contributed by atoms with van der Waals surface area (Å²) in [6.45, 7) is 0.568. The SMILES string of the molecule is NC(=O)C1CCCN(S(=O)(=O)c2ccc(N)cc2)C1. The maximum atomic E-state index is 12.4. The fourth-order valence-corrected chi connectivity index (χ4v) is 3.71. The van der Waals surface area contributed by atoms with Crippen molar-refractivity contribution in [2.24, 2.45) is 11.7 Å². The summed E-state index contributed by atoms with van der Waals surface area (Å²) in [6, 6.07) is 6.03. The van der Waals surface area contributed by atoms with Gasteiger partial charge in [0.2, 0.25) is 15.9 Å². The minimum absolute atomic E-state index is 0.155. The zero-order valence-electron chi connectivity index (χ0n) is 10.5. The summed E-state index contributed by atoms with van der Waals surface area (Å²) in [5.41, 5.74) is 11.3. The molecular formula is C12H17N3O3S. The summed E-state index contributed by atoms with van der Waals surface area (Å²) in [7, 11) is -3.58. The smallest absolute Gasteiger partial charge is 0.243 e. The number of anilines is 1. The lowest BCUT2D eigenvalue weighted by Gasteiger charge is -2.30. The Morgan fingerprint density at radius 1 is 1.26 bits per heavy atom. The van der Waals surface area contributed by atoms with Crippen LogP contribution in [0.3, 0.4) is 0 Å². The molecule has 0 aromatic heterocycles. The average molecular weight is 283 g/mol. The molecule has 1 aromatic rings. The van der Waals surface area contributed by atoms with E-state index in [0.29, 0.717) is 25.1 Å². The van der Waals surface area contributed by atoms with Crippen molar-refractivity contribution < 1.29 is 13.2 Å². The number of primary amides is 1. The Labute approximate surface area is 112 Å². The lowest BCUT2D eigenvalue weighted by Crippen LogP contribution is -2.44. The normalized spacial score (nSPS) is 21.2. The van der Waals surface area contributed by atoms with Crippen LogP contribution in [0, 0.1) is 5.92 Å². The van der Waals surface area contributed by atoms with E-state index < -0.39 is 21.8 Å². The van der Waals surface area contributed by atoms with Crippen LogP contribution in [0.2, 0.25) is 0 Å². The lowest BCUT2D eigenvalue weighted by molar-refractivity contribution is -0.122. The van der Waals surface area contributed by atoms with Gasteiger partial charge in [-0.3, -0.25) is 4.79 Å². The second-order valence-electron chi connectivity index (χ2n) is 4.67. The molecule has 104 valence electrons. The van der Waals surface area contributed by atoms with Crippen molar-refractivity contribution in [1.29, 1.82) is 0 Å². The Bertz CT molecular complexity index is 568. The van der Waals surface area contributed by atoms with E-state index in [1.165, 1.54) is 16.4 Å². The topological polar surface area (TPSA) is 106 Å². The van der Waals surface area contributed by atoms with Crippen molar-refractivity contribution >= 4 is 21.6 Å². The third kappa shape index (κ3) is 2.87. The van der Waals surface area contributed by atoms with Crippen LogP contribution in [-0.4, -0.2) is 31.7 Å². The second-order valence-corrected chi connectivity index (χ2v) is 6.61. The summed E-state index contributed by atoms with van der Waals surface area (Å²) in [4.78, 5) is 11.4. The van der Waals surface area contributed by atoms with Gasteiger partial charge in [0, 0.05) is 18.8 Å². The number of benzene rings is 1. The molecule has 2 rings (SSSR count). The van der Waals surface area contributed by atoms with E-state index in [1.54, 1.807) is 12.1 Å². The number of rotatable bonds is 3. The molecule has 1 fully saturated rings. The number of nitrogens with zero attached hydrogens (tertiary/aromatic N) is 1. The maximum Gasteiger partial charge on any atom is 0.243 e. The van der Waals surface area contributed by atoms with Crippen LogP contribution in [0.5, 0.6) is 0 Å². The predicted octanol–water partition coefficient (Wildman–Crippen LogP) is 0.155. The highest BCUT2D eigenvalue weighted by Crippen LogP contribution is 2.24. The molecule has 1 unspecified atom stereocenters. The van der Waals surface area contributed by atoms with Gasteiger partial charge in [-0.15, -0.1) is 0 Å². The molecule has 1 atom stereocenters. The summed E-state index contributed by atoms with van der Waals surface area (Å²) >= 11 is 0. The van der Waals surface area contributed by atoms with Gasteiger partial charge in [-0.2, -0.15) is 4.31 Å². The first kappa shape index (κ1) is 13.8. The van der Waals surface area contributed by atoms with Crippen molar-refractivity contribution in [3.8, 4) is 0 Å². The highest BCUT2D eigenvalue weighted by molar-refractivity contribution is 7.89. The largest absolute Gasteiger partial charge is 0.399 e. The number of piperidine rings is 1. The molecule has 4 N–H and O–H groups in total. The molecule has 0 spiro atoms. The Morgan fingerprint density at radius 3 is 2.47 bits per heavy atom. The molecule has 0 aliphatic carbocycles. The van der Waals surface area contributed by atoms with E-state index in [4.69, 9.17) is 11.5 Å². The first-order valence-electron chi connectivity index (χ1n) is 6.06. The van der Waals surface area contributed by atoms with Gasteiger partial charge in [-0.25, -0.2) is 8.42 Å². The number of amides is 1. The number of sulfonamides is 1. The van der Waals surface area contributed by atoms with Crippen molar-refractivity contribution in [1.82, 2.24) is 4.31 Å². The summed E-state index contributed by atoms with van der Waals surface area (Å²) < 4.78 is 26.1. The summed E-state index contributed by atoms with van der Waals surface area (Å²) in [6.07, 6.45) is 1.28. The molecule has 0 bridgehead atoms. The van der Waals surface area contributed by atoms with Crippen LogP contribution in [0.4, 0.5) is 5.69 Å². The maximum absolute atomic E-state index is 12.4. The van der Waals surface area contributed by atoms with Gasteiger partial charge in [0.25, 0.3) is 0 Å². The fourth-order valence-electron chi connectivity index (χ4n) is 2.18. The monoisotopic (exact) mass is 283 g/mol. The third-order valence-electron chi connectivity index (χ3n) is 3.30. The van der Waals surface area contributed by atoms with E-state index in [1.807, 2.05) is 0 Å². The molecule has 6 nitrogen and oxygen atoms in total. The van der Waals surface area contributed by atoms with Gasteiger partial charge in [0.05, 0.1) is 10.8 Å². The van der Waals surface area contributed by atoms with Crippen molar-refractivity contribution in [2.75, 3.05) is 18.8 Å². The third-order valence-corrected chi connectivity index (χ3v) is 5.18. The molecule has 1 amide bonds. The van der Waals surface area contributed by atoms with E-state index in [2.05, 4.69) is 0 Å². The minimum atomic E-state index is -3.58. The Kier molecular flexibility index (Phi) is 3.77. The van der Waals surface area contributed by atoms with Crippen LogP contribution < -0.4 is 11.5 Å². The molecule has 1 saturated heterocycles. The summed E-state index contributed by atoms with van der Waals surface area (Å²) in [5.74, 6) is -0.852. The van der Waals surface area contributed by atoms with Gasteiger partial charge in [-0.05, 0) is 37.1 Å². The molecule has 1 heterocycles. The second kappa shape index (κ2) is 5.18. The Balaban J connectivity index is 2.24. The quantitative estimate of drug-likeness (QED) is 0.770. The van der Waals surface area contributed by atoms with E-state index in [0.717, 1.165) is 0 Å². The molecule has 0 saturated carbocycles. The van der Waals surface area contributed by atoms with E-state index >= 15 is 0 Å². The van der Waals surface area contributed by atoms with Gasteiger partial charge >= 0.3 is 0 Å². The number of nitrogens with two attached hydrogens (primary N) is 2. The zero-order valence-corrected chi connectivity index (χ0v) is 11.3. The standard InChI is InChI=1S/C12H17N3O3S/c13-10-3-5-11(6-4-10)19(17,18)15-7-1-2-9(8-15)12(14)16/h3-6,9H,1-2,7-8,13H2,(H2,14,16). The predicted molar refractivity (Wildman–Crippen MR) is 71.5 cm³/mol. The molecular weight excluding hydrogens is 266 g/mol. The van der Waals surface area contributed by atoms with E-state index in [9.17, 15) is 13.2 Å². The molecule has 19 heavy (non-hydrogen) atoms. The van der Waals surface area contributed by atoms with Crippen molar-refractivity contribution in [3.05, 3.63) is 24.3 Å². The minimum Gasteiger partial charge on any atom is -0.399 e. The number of hydrogen-bond acceptors (Lipinski definition) is 4. The Morgan fingerprint density at radius 2 is 1.89 bits per heavy atom. The molecule has 1 aromatic carbocycles. The molecule has 0 radical (unpaired) electrons. The van der Waals surface area contributed by atoms with Gasteiger partial charge in [-0.1, -0.05) is 0 Å². The first-order valence-corrected chi connectivity index (χ1v) is 7.50. The van der Waals surface area contributed by atoms with Gasteiger partial charge in [0.1, 0.15) is 0 Å². The van der Waals surface area contributed by atoms with Crippen LogP contribution in [-0.2, 0) is 14.8 Å². The van der Waals surface area contributed by atoms with Gasteiger partial charge in [0.15, 0.2) is 0 Å². The zero-order chi connectivity index (χ0) is 14.0. The van der Waals surface area contributed by atoms with Gasteiger partial charge < -0.3 is 11.5 Å². The average Bonchev–Trinajstić information content (AvgIpc) is 2.39. The first-order chi connectivity index (χ1) is 8.91. The number of carbonyl (C=O) groups is 1. The highest BCUT2D eigenvalue weighted by atomic mass is 32.2. The lowest BCUT2D eigenvalue weighted by atomic mass is 9.99. The molecule has 1 aliphatic rings. The van der Waals surface area contributed by atoms with Crippen molar-refractivity contribution in [3.63, 3.8) is 0 Å². The van der Waals surface area contributed by atoms with E-state index in [-0.39, 0.29) is 11.4 Å². The molecule has 7 heteroatoms. The van der Waals surface area contributed by atoms with Crippen LogP contribution in [0.15, 0.2) is 29.2 Å². The van der Waals surface area contributed by atoms with Crippen LogP contribution in [0.25, 0.3) is 0 Å². The van der Waals surface area contributed by atoms with Crippen LogP contribution >= 0.6 is 0 Å². The molecule has 1 aliphatic heterocycles. The number of carbonyl (C=O) groups excluding carboxylic acids is 1. The number of hydrogen-bond donors (Lipinski definition) is 2.